The summed E-state index contributed by atoms with van der Waals surface area (Å²) in [5.41, 5.74) is 5.70. The maximum atomic E-state index is 5.50. The van der Waals surface area contributed by atoms with Crippen LogP contribution in [0.25, 0.3) is 22.4 Å². The third-order valence-corrected chi connectivity index (χ3v) is 5.28. The molecule has 0 aliphatic rings. The van der Waals surface area contributed by atoms with Crippen LogP contribution in [0.4, 0.5) is 0 Å². The van der Waals surface area contributed by atoms with Gasteiger partial charge in [-0.1, -0.05) is 50.2 Å². The quantitative estimate of drug-likeness (QED) is 0.365. The summed E-state index contributed by atoms with van der Waals surface area (Å²) in [5, 5.41) is 0. The van der Waals surface area contributed by atoms with Gasteiger partial charge in [-0.05, 0) is 47.4 Å². The van der Waals surface area contributed by atoms with E-state index in [2.05, 4.69) is 60.9 Å². The highest BCUT2D eigenvalue weighted by atomic mass is 35.5. The Morgan fingerprint density at radius 3 is 2.23 bits per heavy atom. The predicted octanol–water partition coefficient (Wildman–Crippen LogP) is 6.31. The highest BCUT2D eigenvalue weighted by Gasteiger charge is 2.15. The van der Waals surface area contributed by atoms with Crippen LogP contribution in [0.3, 0.4) is 0 Å². The molecule has 3 aromatic carbocycles. The number of hydrogen-bond acceptors (Lipinski definition) is 3. The Hall–Kier alpha value is -2.98. The first-order valence-corrected chi connectivity index (χ1v) is 9.87. The number of rotatable bonds is 6. The van der Waals surface area contributed by atoms with Gasteiger partial charge in [-0.3, -0.25) is 0 Å². The first kappa shape index (κ1) is 21.7. The molecule has 0 fully saturated rings. The minimum atomic E-state index is 0. The lowest BCUT2D eigenvalue weighted by Gasteiger charge is -2.13. The molecule has 1 heterocycles. The second kappa shape index (κ2) is 9.23. The van der Waals surface area contributed by atoms with Crippen LogP contribution < -0.4 is 9.47 Å². The van der Waals surface area contributed by atoms with Crippen molar-refractivity contribution in [2.75, 3.05) is 14.2 Å². The van der Waals surface area contributed by atoms with Gasteiger partial charge in [0.1, 0.15) is 5.82 Å². The number of imidazole rings is 1. The van der Waals surface area contributed by atoms with Crippen molar-refractivity contribution in [2.24, 2.45) is 0 Å². The van der Waals surface area contributed by atoms with Crippen LogP contribution in [-0.4, -0.2) is 23.8 Å². The first-order valence-electron chi connectivity index (χ1n) is 9.87. The summed E-state index contributed by atoms with van der Waals surface area (Å²) >= 11 is 0. The Balaban J connectivity index is 0.00000256. The fourth-order valence-electron chi connectivity index (χ4n) is 3.62. The lowest BCUT2D eigenvalue weighted by molar-refractivity contribution is 0.355. The summed E-state index contributed by atoms with van der Waals surface area (Å²) in [6.45, 7) is 5.18. The number of ether oxygens (including phenoxy) is 2. The third kappa shape index (κ3) is 4.14. The van der Waals surface area contributed by atoms with Gasteiger partial charge in [0.05, 0.1) is 25.3 Å². The van der Waals surface area contributed by atoms with E-state index in [0.29, 0.717) is 17.4 Å². The van der Waals surface area contributed by atoms with Gasteiger partial charge in [0.2, 0.25) is 0 Å². The van der Waals surface area contributed by atoms with Gasteiger partial charge < -0.3 is 14.0 Å². The minimum Gasteiger partial charge on any atom is -0.493 e. The molecule has 4 rings (SSSR count). The minimum absolute atomic E-state index is 0. The molecule has 0 bridgehead atoms. The van der Waals surface area contributed by atoms with Gasteiger partial charge >= 0.3 is 0 Å². The standard InChI is InChI=1S/C25H26N2O2.ClH/c1-17(2)19-11-9-18(10-12-19)16-27-22-8-6-5-7-21(22)26-25(27)20-13-14-23(28-3)24(15-20)29-4;/h5-15,17H,16H2,1-4H3;1H. The van der Waals surface area contributed by atoms with Crippen LogP contribution in [0, 0.1) is 0 Å². The van der Waals surface area contributed by atoms with Gasteiger partial charge in [0.15, 0.2) is 11.5 Å². The van der Waals surface area contributed by atoms with Crippen LogP contribution >= 0.6 is 12.4 Å². The maximum absolute atomic E-state index is 5.50. The van der Waals surface area contributed by atoms with Crippen molar-refractivity contribution in [3.8, 4) is 22.9 Å². The highest BCUT2D eigenvalue weighted by Crippen LogP contribution is 2.33. The molecule has 0 unspecified atom stereocenters. The van der Waals surface area contributed by atoms with E-state index in [9.17, 15) is 0 Å². The van der Waals surface area contributed by atoms with Crippen molar-refractivity contribution in [2.45, 2.75) is 26.3 Å². The van der Waals surface area contributed by atoms with Gasteiger partial charge in [0, 0.05) is 12.1 Å². The fourth-order valence-corrected chi connectivity index (χ4v) is 3.62. The SMILES string of the molecule is COc1ccc(-c2nc3ccccc3n2Cc2ccc(C(C)C)cc2)cc1OC.Cl. The molecule has 0 N–H and O–H groups in total. The van der Waals surface area contributed by atoms with Crippen molar-refractivity contribution in [1.29, 1.82) is 0 Å². The molecule has 0 aliphatic heterocycles. The van der Waals surface area contributed by atoms with Crippen LogP contribution in [0.2, 0.25) is 0 Å². The van der Waals surface area contributed by atoms with Crippen LogP contribution in [0.5, 0.6) is 11.5 Å². The van der Waals surface area contributed by atoms with Crippen LogP contribution in [0.1, 0.15) is 30.9 Å². The molecule has 0 saturated carbocycles. The van der Waals surface area contributed by atoms with Gasteiger partial charge in [0.25, 0.3) is 0 Å². The molecule has 156 valence electrons. The maximum Gasteiger partial charge on any atom is 0.161 e. The molecular formula is C25H27ClN2O2. The summed E-state index contributed by atoms with van der Waals surface area (Å²) in [5.74, 6) is 2.86. The zero-order valence-corrected chi connectivity index (χ0v) is 18.6. The predicted molar refractivity (Wildman–Crippen MR) is 125 cm³/mol. The molecule has 4 aromatic rings. The largest absolute Gasteiger partial charge is 0.493 e. The van der Waals surface area contributed by atoms with Crippen molar-refractivity contribution >= 4 is 23.4 Å². The Morgan fingerprint density at radius 1 is 0.867 bits per heavy atom. The zero-order valence-electron chi connectivity index (χ0n) is 17.8. The first-order chi connectivity index (χ1) is 14.1. The number of nitrogens with zero attached hydrogens (tertiary/aromatic N) is 2. The molecule has 4 nitrogen and oxygen atoms in total. The summed E-state index contributed by atoms with van der Waals surface area (Å²) in [6.07, 6.45) is 0. The summed E-state index contributed by atoms with van der Waals surface area (Å²) in [6, 6.07) is 23.0. The molecule has 0 saturated heterocycles. The van der Waals surface area contributed by atoms with Crippen molar-refractivity contribution in [3.05, 3.63) is 77.9 Å². The average molecular weight is 423 g/mol. The lowest BCUT2D eigenvalue weighted by Crippen LogP contribution is -2.03. The number of halogens is 1. The third-order valence-electron chi connectivity index (χ3n) is 5.28. The van der Waals surface area contributed by atoms with Crippen molar-refractivity contribution in [1.82, 2.24) is 9.55 Å². The molecular weight excluding hydrogens is 396 g/mol. The molecule has 5 heteroatoms. The molecule has 0 amide bonds. The van der Waals surface area contributed by atoms with Gasteiger partial charge in [-0.2, -0.15) is 0 Å². The monoisotopic (exact) mass is 422 g/mol. The van der Waals surface area contributed by atoms with Crippen molar-refractivity contribution in [3.63, 3.8) is 0 Å². The number of hydrogen-bond donors (Lipinski definition) is 0. The Bertz CT molecular complexity index is 1130. The Kier molecular flexibility index (Phi) is 6.68. The highest BCUT2D eigenvalue weighted by molar-refractivity contribution is 5.85. The lowest BCUT2D eigenvalue weighted by atomic mass is 10.0. The van der Waals surface area contributed by atoms with E-state index in [1.54, 1.807) is 14.2 Å². The molecule has 0 spiro atoms. The Morgan fingerprint density at radius 2 is 1.57 bits per heavy atom. The second-order valence-electron chi connectivity index (χ2n) is 7.48. The Labute approximate surface area is 183 Å². The topological polar surface area (TPSA) is 36.3 Å². The molecule has 1 aromatic heterocycles. The second-order valence-corrected chi connectivity index (χ2v) is 7.48. The van der Waals surface area contributed by atoms with E-state index >= 15 is 0 Å². The molecule has 30 heavy (non-hydrogen) atoms. The molecule has 0 radical (unpaired) electrons. The van der Waals surface area contributed by atoms with E-state index < -0.39 is 0 Å². The number of para-hydroxylation sites is 2. The van der Waals surface area contributed by atoms with Gasteiger partial charge in [-0.25, -0.2) is 4.98 Å². The fraction of sp³-hybridized carbons (Fsp3) is 0.240. The van der Waals surface area contributed by atoms with E-state index in [4.69, 9.17) is 14.5 Å². The van der Waals surface area contributed by atoms with Crippen LogP contribution in [-0.2, 0) is 6.54 Å². The van der Waals surface area contributed by atoms with Gasteiger partial charge in [-0.15, -0.1) is 12.4 Å². The van der Waals surface area contributed by atoms with E-state index in [1.165, 1.54) is 11.1 Å². The van der Waals surface area contributed by atoms with Crippen LogP contribution in [0.15, 0.2) is 66.7 Å². The smallest absolute Gasteiger partial charge is 0.161 e. The number of aromatic nitrogens is 2. The summed E-state index contributed by atoms with van der Waals surface area (Å²) in [4.78, 5) is 4.92. The summed E-state index contributed by atoms with van der Waals surface area (Å²) in [7, 11) is 3.30. The molecule has 0 aliphatic carbocycles. The van der Waals surface area contributed by atoms with E-state index in [1.807, 2.05) is 24.3 Å². The number of fused-ring (bicyclic) bond motifs is 1. The van der Waals surface area contributed by atoms with Crippen molar-refractivity contribution < 1.29 is 9.47 Å². The van der Waals surface area contributed by atoms with E-state index in [0.717, 1.165) is 29.0 Å². The number of benzene rings is 3. The summed E-state index contributed by atoms with van der Waals surface area (Å²) < 4.78 is 13.2. The average Bonchev–Trinajstić information content (AvgIpc) is 3.12. The van der Waals surface area contributed by atoms with E-state index in [-0.39, 0.29) is 12.4 Å². The number of methoxy groups -OCH3 is 2. The zero-order chi connectivity index (χ0) is 20.4. The normalized spacial score (nSPS) is 10.8. The molecule has 0 atom stereocenters.